The normalized spacial score (nSPS) is 13.3. The molecule has 1 aromatic heterocycles. The monoisotopic (exact) mass is 338 g/mol. The third-order valence-electron chi connectivity index (χ3n) is 3.71. The summed E-state index contributed by atoms with van der Waals surface area (Å²) in [5.74, 6) is -1.19. The minimum atomic E-state index is -4.31. The van der Waals surface area contributed by atoms with E-state index >= 15 is 0 Å². The highest BCUT2D eigenvalue weighted by Crippen LogP contribution is 2.40. The van der Waals surface area contributed by atoms with Gasteiger partial charge in [0.1, 0.15) is 6.04 Å². The van der Waals surface area contributed by atoms with Gasteiger partial charge in [-0.25, -0.2) is 0 Å². The molecular weight excluding hydrogens is 319 g/mol. The predicted molar refractivity (Wildman–Crippen MR) is 86.3 cm³/mol. The van der Waals surface area contributed by atoms with E-state index in [1.165, 1.54) is 0 Å². The van der Waals surface area contributed by atoms with Gasteiger partial charge in [-0.05, 0) is 48.7 Å². The van der Waals surface area contributed by atoms with E-state index in [9.17, 15) is 19.1 Å². The quantitative estimate of drug-likeness (QED) is 0.607. The lowest BCUT2D eigenvalue weighted by Gasteiger charge is -2.14. The molecule has 0 fully saturated rings. The fourth-order valence-electron chi connectivity index (χ4n) is 2.36. The summed E-state index contributed by atoms with van der Waals surface area (Å²) in [5.41, 5.74) is 8.89. The summed E-state index contributed by atoms with van der Waals surface area (Å²) in [4.78, 5) is 33.8. The number of carboxylic acid groups (broad SMARTS) is 1. The zero-order valence-corrected chi connectivity index (χ0v) is 13.7. The third kappa shape index (κ3) is 4.36. The number of aryl methyl sites for hydroxylation is 2. The summed E-state index contributed by atoms with van der Waals surface area (Å²) in [5, 5.41) is 9.71. The van der Waals surface area contributed by atoms with E-state index in [1.54, 1.807) is 6.07 Å². The van der Waals surface area contributed by atoms with Crippen molar-refractivity contribution in [2.75, 3.05) is 0 Å². The second kappa shape index (κ2) is 6.37. The van der Waals surface area contributed by atoms with E-state index in [2.05, 4.69) is 4.98 Å². The Labute approximate surface area is 133 Å². The molecule has 0 amide bonds. The van der Waals surface area contributed by atoms with Crippen LogP contribution in [0.25, 0.3) is 10.9 Å². The number of carboxylic acids is 1. The lowest BCUT2D eigenvalue weighted by Crippen LogP contribution is -2.33. The molecule has 0 radical (unpaired) electrons. The van der Waals surface area contributed by atoms with Gasteiger partial charge in [0.15, 0.2) is 0 Å². The van der Waals surface area contributed by atoms with Gasteiger partial charge in [0.05, 0.1) is 11.7 Å². The Morgan fingerprint density at radius 3 is 2.43 bits per heavy atom. The largest absolute Gasteiger partial charge is 0.480 e. The molecule has 124 valence electrons. The second-order valence-electron chi connectivity index (χ2n) is 5.70. The maximum Gasteiger partial charge on any atom is 0.329 e. The minimum absolute atomic E-state index is 0.0898. The van der Waals surface area contributed by atoms with E-state index in [0.717, 1.165) is 16.5 Å². The van der Waals surface area contributed by atoms with E-state index in [-0.39, 0.29) is 6.42 Å². The maximum absolute atomic E-state index is 11.3. The topological polar surface area (TPSA) is 134 Å². The lowest BCUT2D eigenvalue weighted by molar-refractivity contribution is -0.138. The van der Waals surface area contributed by atoms with Crippen LogP contribution in [0.5, 0.6) is 0 Å². The van der Waals surface area contributed by atoms with Crippen molar-refractivity contribution in [3.63, 3.8) is 0 Å². The summed E-state index contributed by atoms with van der Waals surface area (Å²) in [6.07, 6.45) is -0.585. The van der Waals surface area contributed by atoms with Crippen molar-refractivity contribution in [3.05, 3.63) is 40.6 Å². The number of nitrogens with two attached hydrogens (primary N) is 1. The molecule has 2 aromatic rings. The van der Waals surface area contributed by atoms with Crippen molar-refractivity contribution >= 4 is 24.5 Å². The second-order valence-corrected chi connectivity index (χ2v) is 7.34. The molecule has 2 rings (SSSR count). The van der Waals surface area contributed by atoms with E-state index < -0.39 is 25.8 Å². The Kier molecular flexibility index (Phi) is 4.87. The van der Waals surface area contributed by atoms with E-state index in [0.29, 0.717) is 16.8 Å². The molecule has 1 heterocycles. The number of rotatable bonds is 5. The Morgan fingerprint density at radius 2 is 1.87 bits per heavy atom. The van der Waals surface area contributed by atoms with Gasteiger partial charge in [-0.2, -0.15) is 0 Å². The van der Waals surface area contributed by atoms with Gasteiger partial charge in [0, 0.05) is 17.5 Å². The first kappa shape index (κ1) is 17.6. The highest BCUT2D eigenvalue weighted by molar-refractivity contribution is 7.50. The average molecular weight is 338 g/mol. The number of pyridine rings is 1. The summed E-state index contributed by atoms with van der Waals surface area (Å²) in [7, 11) is -4.31. The zero-order valence-electron chi connectivity index (χ0n) is 12.9. The molecule has 5 N–H and O–H groups in total. The fraction of sp³-hybridized carbons (Fsp3) is 0.333. The number of nitrogens with zero attached hydrogens (tertiary/aromatic N) is 1. The van der Waals surface area contributed by atoms with Crippen molar-refractivity contribution in [3.8, 4) is 0 Å². The number of carbonyl (C=O) groups is 1. The maximum atomic E-state index is 11.3. The summed E-state index contributed by atoms with van der Waals surface area (Å²) in [6.45, 7) is 3.87. The van der Waals surface area contributed by atoms with Crippen LogP contribution in [0.2, 0.25) is 0 Å². The Balaban J connectivity index is 2.59. The lowest BCUT2D eigenvalue weighted by atomic mass is 10.0. The van der Waals surface area contributed by atoms with Gasteiger partial charge in [0.2, 0.25) is 0 Å². The van der Waals surface area contributed by atoms with Crippen LogP contribution >= 0.6 is 7.60 Å². The van der Waals surface area contributed by atoms with Crippen LogP contribution < -0.4 is 5.73 Å². The molecule has 0 saturated heterocycles. The molecule has 1 aromatic carbocycles. The number of benzene rings is 1. The van der Waals surface area contributed by atoms with Crippen LogP contribution in [0.15, 0.2) is 18.2 Å². The van der Waals surface area contributed by atoms with Crippen molar-refractivity contribution in [2.24, 2.45) is 5.73 Å². The first-order valence-electron chi connectivity index (χ1n) is 6.99. The van der Waals surface area contributed by atoms with Crippen LogP contribution in [0.3, 0.4) is 0 Å². The number of hydrogen-bond donors (Lipinski definition) is 4. The third-order valence-corrected chi connectivity index (χ3v) is 4.46. The van der Waals surface area contributed by atoms with Crippen LogP contribution in [-0.4, -0.2) is 31.9 Å². The minimum Gasteiger partial charge on any atom is -0.480 e. The SMILES string of the molecule is Cc1cc2cc(CP(=O)(O)O)c(C[C@@H](N)C(=O)O)nc2cc1C. The first-order valence-corrected chi connectivity index (χ1v) is 8.79. The molecule has 0 aliphatic rings. The van der Waals surface area contributed by atoms with Crippen molar-refractivity contribution < 1.29 is 24.3 Å². The van der Waals surface area contributed by atoms with E-state index in [1.807, 2.05) is 26.0 Å². The summed E-state index contributed by atoms with van der Waals surface area (Å²) >= 11 is 0. The molecule has 0 saturated carbocycles. The molecule has 0 spiro atoms. The number of aromatic nitrogens is 1. The van der Waals surface area contributed by atoms with Gasteiger partial charge >= 0.3 is 13.6 Å². The van der Waals surface area contributed by atoms with Crippen LogP contribution in [0, 0.1) is 13.8 Å². The van der Waals surface area contributed by atoms with Crippen LogP contribution in [-0.2, 0) is 21.9 Å². The Hall–Kier alpha value is -1.79. The number of hydrogen-bond acceptors (Lipinski definition) is 4. The molecular formula is C15H19N2O5P. The fourth-order valence-corrected chi connectivity index (χ4v) is 3.07. The number of aliphatic carboxylic acids is 1. The van der Waals surface area contributed by atoms with Gasteiger partial charge in [-0.15, -0.1) is 0 Å². The van der Waals surface area contributed by atoms with Gasteiger partial charge in [0.25, 0.3) is 0 Å². The number of fused-ring (bicyclic) bond motifs is 1. The molecule has 8 heteroatoms. The van der Waals surface area contributed by atoms with Gasteiger partial charge < -0.3 is 20.6 Å². The molecule has 0 unspecified atom stereocenters. The van der Waals surface area contributed by atoms with Crippen molar-refractivity contribution in [2.45, 2.75) is 32.5 Å². The molecule has 7 nitrogen and oxygen atoms in total. The van der Waals surface area contributed by atoms with Crippen molar-refractivity contribution in [1.82, 2.24) is 4.98 Å². The van der Waals surface area contributed by atoms with Gasteiger partial charge in [-0.1, -0.05) is 0 Å². The molecule has 1 atom stereocenters. The van der Waals surface area contributed by atoms with Crippen molar-refractivity contribution in [1.29, 1.82) is 0 Å². The molecule has 23 heavy (non-hydrogen) atoms. The Bertz CT molecular complexity index is 815. The smallest absolute Gasteiger partial charge is 0.329 e. The zero-order chi connectivity index (χ0) is 17.4. The highest BCUT2D eigenvalue weighted by atomic mass is 31.2. The molecule has 0 aliphatic heterocycles. The highest BCUT2D eigenvalue weighted by Gasteiger charge is 2.22. The standard InChI is InChI=1S/C15H19N2O5P/c1-8-3-10-5-11(7-23(20,21)22)14(6-12(16)15(18)19)17-13(10)4-9(8)2/h3-5,12H,6-7,16H2,1-2H3,(H,18,19)(H2,20,21,22)/t12-/m1/s1. The first-order chi connectivity index (χ1) is 10.6. The molecule has 0 bridgehead atoms. The average Bonchev–Trinajstić information content (AvgIpc) is 2.39. The van der Waals surface area contributed by atoms with Gasteiger partial charge in [-0.3, -0.25) is 14.3 Å². The summed E-state index contributed by atoms with van der Waals surface area (Å²) < 4.78 is 11.3. The Morgan fingerprint density at radius 1 is 1.26 bits per heavy atom. The molecule has 0 aliphatic carbocycles. The summed E-state index contributed by atoms with van der Waals surface area (Å²) in [6, 6.07) is 4.23. The van der Waals surface area contributed by atoms with E-state index in [4.69, 9.17) is 10.8 Å². The van der Waals surface area contributed by atoms with Crippen LogP contribution in [0.4, 0.5) is 0 Å². The predicted octanol–water partition coefficient (Wildman–Crippen LogP) is 1.48. The van der Waals surface area contributed by atoms with Crippen LogP contribution in [0.1, 0.15) is 22.4 Å².